The molecule has 0 saturated carbocycles. The van der Waals surface area contributed by atoms with Crippen molar-refractivity contribution in [3.63, 3.8) is 0 Å². The maximum Gasteiger partial charge on any atom is 0.325 e. The molecular formula is C22H23N5O5S. The minimum atomic E-state index is -0.571. The smallest absolute Gasteiger partial charge is 0.325 e. The van der Waals surface area contributed by atoms with E-state index in [2.05, 4.69) is 25.5 Å². The number of anilines is 1. The van der Waals surface area contributed by atoms with Gasteiger partial charge in [0.1, 0.15) is 16.4 Å². The van der Waals surface area contributed by atoms with Gasteiger partial charge in [-0.2, -0.15) is 5.10 Å². The molecule has 0 aliphatic rings. The van der Waals surface area contributed by atoms with Crippen molar-refractivity contribution >= 4 is 34.8 Å². The maximum absolute atomic E-state index is 12.9. The van der Waals surface area contributed by atoms with Crippen LogP contribution < -0.4 is 16.2 Å². The molecule has 2 aromatic heterocycles. The number of hydrogen-bond donors (Lipinski definition) is 2. The van der Waals surface area contributed by atoms with Gasteiger partial charge in [-0.3, -0.25) is 19.2 Å². The van der Waals surface area contributed by atoms with E-state index in [1.807, 2.05) is 0 Å². The standard InChI is InChI=1S/C22H23N5O5S/c1-11-12(2)26-27(4)22(31)17(11)21-24-13(3)18(33-21)20(30)25-15-8-6-7-14(9-15)19(29)23-10-16(28)32-5/h6-9H,10H2,1-5H3,(H,23,29)(H,25,30). The van der Waals surface area contributed by atoms with Crippen LogP contribution in [0, 0.1) is 20.8 Å². The van der Waals surface area contributed by atoms with Gasteiger partial charge in [-0.15, -0.1) is 11.3 Å². The third kappa shape index (κ3) is 5.14. The van der Waals surface area contributed by atoms with Crippen LogP contribution in [0.2, 0.25) is 0 Å². The van der Waals surface area contributed by atoms with E-state index in [9.17, 15) is 19.2 Å². The largest absolute Gasteiger partial charge is 0.468 e. The highest BCUT2D eigenvalue weighted by atomic mass is 32.1. The molecular weight excluding hydrogens is 446 g/mol. The first-order valence-corrected chi connectivity index (χ1v) is 10.7. The van der Waals surface area contributed by atoms with Gasteiger partial charge in [-0.25, -0.2) is 9.67 Å². The normalized spacial score (nSPS) is 10.6. The van der Waals surface area contributed by atoms with Crippen LogP contribution in [0.25, 0.3) is 10.6 Å². The zero-order valence-electron chi connectivity index (χ0n) is 18.8. The Bertz CT molecular complexity index is 1310. The lowest BCUT2D eigenvalue weighted by molar-refractivity contribution is -0.139. The van der Waals surface area contributed by atoms with Gasteiger partial charge < -0.3 is 15.4 Å². The van der Waals surface area contributed by atoms with E-state index in [1.165, 1.54) is 17.9 Å². The number of nitrogens with zero attached hydrogens (tertiary/aromatic N) is 3. The highest BCUT2D eigenvalue weighted by molar-refractivity contribution is 7.17. The van der Waals surface area contributed by atoms with Gasteiger partial charge in [0.15, 0.2) is 0 Å². The fourth-order valence-corrected chi connectivity index (χ4v) is 4.12. The Kier molecular flexibility index (Phi) is 7.02. The highest BCUT2D eigenvalue weighted by Crippen LogP contribution is 2.29. The summed E-state index contributed by atoms with van der Waals surface area (Å²) in [4.78, 5) is 53.8. The average Bonchev–Trinajstić information content (AvgIpc) is 3.17. The monoisotopic (exact) mass is 469 g/mol. The summed E-state index contributed by atoms with van der Waals surface area (Å²) in [5.74, 6) is -1.46. The quantitative estimate of drug-likeness (QED) is 0.528. The number of aromatic nitrogens is 3. The molecule has 11 heteroatoms. The van der Waals surface area contributed by atoms with Crippen molar-refractivity contribution in [3.8, 4) is 10.6 Å². The van der Waals surface area contributed by atoms with Gasteiger partial charge in [-0.1, -0.05) is 6.07 Å². The van der Waals surface area contributed by atoms with Crippen LogP contribution >= 0.6 is 11.3 Å². The molecule has 0 atom stereocenters. The van der Waals surface area contributed by atoms with Crippen molar-refractivity contribution in [2.75, 3.05) is 19.0 Å². The molecule has 0 aliphatic heterocycles. The SMILES string of the molecule is COC(=O)CNC(=O)c1cccc(NC(=O)c2sc(-c3c(C)c(C)nn(C)c3=O)nc2C)c1. The molecule has 2 N–H and O–H groups in total. The second kappa shape index (κ2) is 9.74. The van der Waals surface area contributed by atoms with Gasteiger partial charge in [0.05, 0.1) is 24.1 Å². The summed E-state index contributed by atoms with van der Waals surface area (Å²) in [6, 6.07) is 6.30. The van der Waals surface area contributed by atoms with E-state index in [0.717, 1.165) is 11.3 Å². The van der Waals surface area contributed by atoms with Crippen LogP contribution in [0.1, 0.15) is 37.0 Å². The van der Waals surface area contributed by atoms with Crippen LogP contribution in [0.3, 0.4) is 0 Å². The molecule has 1 aromatic carbocycles. The van der Waals surface area contributed by atoms with Gasteiger partial charge in [0.25, 0.3) is 17.4 Å². The first-order chi connectivity index (χ1) is 15.6. The highest BCUT2D eigenvalue weighted by Gasteiger charge is 2.21. The Morgan fingerprint density at radius 3 is 2.55 bits per heavy atom. The van der Waals surface area contributed by atoms with Crippen molar-refractivity contribution in [2.24, 2.45) is 7.05 Å². The molecule has 172 valence electrons. The molecule has 0 aliphatic carbocycles. The second-order valence-electron chi connectivity index (χ2n) is 7.24. The van der Waals surface area contributed by atoms with Crippen molar-refractivity contribution in [1.29, 1.82) is 0 Å². The van der Waals surface area contributed by atoms with Gasteiger partial charge in [-0.05, 0) is 44.5 Å². The lowest BCUT2D eigenvalue weighted by Gasteiger charge is -2.08. The molecule has 3 aromatic rings. The van der Waals surface area contributed by atoms with Crippen LogP contribution in [-0.4, -0.2) is 46.2 Å². The van der Waals surface area contributed by atoms with Crippen LogP contribution in [0.5, 0.6) is 0 Å². The molecule has 0 fully saturated rings. The summed E-state index contributed by atoms with van der Waals surface area (Å²) in [5, 5.41) is 9.81. The first-order valence-electron chi connectivity index (χ1n) is 9.91. The van der Waals surface area contributed by atoms with Gasteiger partial charge in [0.2, 0.25) is 0 Å². The second-order valence-corrected chi connectivity index (χ2v) is 8.24. The molecule has 2 amide bonds. The number of amides is 2. The number of esters is 1. The van der Waals surface area contributed by atoms with Gasteiger partial charge in [0, 0.05) is 18.3 Å². The van der Waals surface area contributed by atoms with E-state index >= 15 is 0 Å². The Morgan fingerprint density at radius 2 is 1.85 bits per heavy atom. The van der Waals surface area contributed by atoms with Gasteiger partial charge >= 0.3 is 5.97 Å². The Hall–Kier alpha value is -3.86. The number of carbonyl (C=O) groups excluding carboxylic acids is 3. The van der Waals surface area contributed by atoms with Crippen molar-refractivity contribution in [1.82, 2.24) is 20.1 Å². The fourth-order valence-electron chi connectivity index (χ4n) is 3.07. The zero-order valence-corrected chi connectivity index (χ0v) is 19.6. The maximum atomic E-state index is 12.9. The van der Waals surface area contributed by atoms with Crippen molar-refractivity contribution in [3.05, 3.63) is 62.0 Å². The van der Waals surface area contributed by atoms with Crippen molar-refractivity contribution < 1.29 is 19.1 Å². The summed E-state index contributed by atoms with van der Waals surface area (Å²) >= 11 is 1.12. The molecule has 10 nitrogen and oxygen atoms in total. The lowest BCUT2D eigenvalue weighted by Crippen LogP contribution is -2.30. The molecule has 0 bridgehead atoms. The Morgan fingerprint density at radius 1 is 1.12 bits per heavy atom. The number of benzene rings is 1. The van der Waals surface area contributed by atoms with E-state index in [4.69, 9.17) is 0 Å². The molecule has 0 spiro atoms. The summed E-state index contributed by atoms with van der Waals surface area (Å²) in [6.07, 6.45) is 0. The molecule has 0 unspecified atom stereocenters. The fraction of sp³-hybridized carbons (Fsp3) is 0.273. The minimum absolute atomic E-state index is 0.262. The molecule has 0 saturated heterocycles. The van der Waals surface area contributed by atoms with Crippen LogP contribution in [0.4, 0.5) is 5.69 Å². The van der Waals surface area contributed by atoms with Crippen LogP contribution in [0.15, 0.2) is 29.1 Å². The number of methoxy groups -OCH3 is 1. The van der Waals surface area contributed by atoms with E-state index in [0.29, 0.717) is 38.1 Å². The molecule has 0 radical (unpaired) electrons. The lowest BCUT2D eigenvalue weighted by atomic mass is 10.1. The molecule has 3 rings (SSSR count). The van der Waals surface area contributed by atoms with E-state index in [-0.39, 0.29) is 17.7 Å². The third-order valence-electron chi connectivity index (χ3n) is 4.95. The number of hydrogen-bond acceptors (Lipinski definition) is 8. The predicted octanol–water partition coefficient (Wildman–Crippen LogP) is 1.98. The summed E-state index contributed by atoms with van der Waals surface area (Å²) in [7, 11) is 2.80. The number of rotatable bonds is 6. The zero-order chi connectivity index (χ0) is 24.3. The number of nitrogens with one attached hydrogen (secondary N) is 2. The van der Waals surface area contributed by atoms with Crippen LogP contribution in [-0.2, 0) is 16.6 Å². The minimum Gasteiger partial charge on any atom is -0.468 e. The van der Waals surface area contributed by atoms with E-state index in [1.54, 1.807) is 46.0 Å². The molecule has 2 heterocycles. The number of thiazole rings is 1. The number of ether oxygens (including phenoxy) is 1. The van der Waals surface area contributed by atoms with E-state index < -0.39 is 17.8 Å². The predicted molar refractivity (Wildman–Crippen MR) is 124 cm³/mol. The molecule has 33 heavy (non-hydrogen) atoms. The number of aryl methyl sites for hydroxylation is 3. The summed E-state index contributed by atoms with van der Waals surface area (Å²) in [5.41, 5.74) is 2.69. The third-order valence-corrected chi connectivity index (χ3v) is 6.12. The number of carbonyl (C=O) groups is 3. The Labute approximate surface area is 193 Å². The topological polar surface area (TPSA) is 132 Å². The average molecular weight is 470 g/mol. The summed E-state index contributed by atoms with van der Waals surface area (Å²) in [6.45, 7) is 5.04. The Balaban J connectivity index is 1.83. The first kappa shape index (κ1) is 23.8. The van der Waals surface area contributed by atoms with Crippen molar-refractivity contribution in [2.45, 2.75) is 20.8 Å². The summed E-state index contributed by atoms with van der Waals surface area (Å²) < 4.78 is 5.75.